The van der Waals surface area contributed by atoms with Gasteiger partial charge in [-0.05, 0) is 61.3 Å². The fourth-order valence-corrected chi connectivity index (χ4v) is 1.51. The second-order valence-corrected chi connectivity index (χ2v) is 7.60. The van der Waals surface area contributed by atoms with Crippen LogP contribution in [0.2, 0.25) is 0 Å². The smallest absolute Gasteiger partial charge is 0.414 e. The molecule has 0 aromatic carbocycles. The monoisotopic (exact) mass is 344 g/mol. The van der Waals surface area contributed by atoms with Gasteiger partial charge in [-0.15, -0.1) is 0 Å². The van der Waals surface area contributed by atoms with Crippen molar-refractivity contribution < 1.29 is 19.1 Å². The topological polar surface area (TPSA) is 115 Å². The van der Waals surface area contributed by atoms with E-state index in [2.05, 4.69) is 15.6 Å². The van der Waals surface area contributed by atoms with Crippen LogP contribution in [-0.2, 0) is 9.47 Å². The third-order valence-electron chi connectivity index (χ3n) is 2.33. The third kappa shape index (κ3) is 13.8. The molecule has 0 saturated heterocycles. The number of amides is 2. The minimum atomic E-state index is -0.704. The van der Waals surface area contributed by atoms with Gasteiger partial charge >= 0.3 is 12.2 Å². The first-order valence-corrected chi connectivity index (χ1v) is 8.08. The van der Waals surface area contributed by atoms with E-state index in [1.807, 2.05) is 6.92 Å². The largest absolute Gasteiger partial charge is 0.444 e. The highest BCUT2D eigenvalue weighted by molar-refractivity contribution is 6.01. The molecular formula is C16H32N4O4. The van der Waals surface area contributed by atoms with Crippen LogP contribution < -0.4 is 16.4 Å². The number of hydrogen-bond donors (Lipinski definition) is 3. The van der Waals surface area contributed by atoms with Crippen molar-refractivity contribution in [2.24, 2.45) is 10.7 Å². The van der Waals surface area contributed by atoms with E-state index in [0.29, 0.717) is 6.54 Å². The van der Waals surface area contributed by atoms with Gasteiger partial charge in [0, 0.05) is 12.6 Å². The Kier molecular flexibility index (Phi) is 8.74. The Bertz CT molecular complexity index is 416. The van der Waals surface area contributed by atoms with Gasteiger partial charge in [0.05, 0.1) is 0 Å². The lowest BCUT2D eigenvalue weighted by Gasteiger charge is -2.22. The predicted molar refractivity (Wildman–Crippen MR) is 93.9 cm³/mol. The van der Waals surface area contributed by atoms with Crippen molar-refractivity contribution in [1.82, 2.24) is 10.6 Å². The molecule has 0 aromatic rings. The van der Waals surface area contributed by atoms with Crippen molar-refractivity contribution in [3.8, 4) is 0 Å². The number of nitrogens with one attached hydrogen (secondary N) is 2. The van der Waals surface area contributed by atoms with Crippen LogP contribution in [0.25, 0.3) is 0 Å². The molecule has 0 fully saturated rings. The molecular weight excluding hydrogens is 312 g/mol. The minimum Gasteiger partial charge on any atom is -0.444 e. The first-order chi connectivity index (χ1) is 10.8. The Labute approximate surface area is 144 Å². The van der Waals surface area contributed by atoms with Crippen LogP contribution >= 0.6 is 0 Å². The van der Waals surface area contributed by atoms with E-state index in [1.165, 1.54) is 0 Å². The molecule has 0 rings (SSSR count). The van der Waals surface area contributed by atoms with E-state index in [0.717, 1.165) is 12.8 Å². The number of rotatable bonds is 4. The number of alkyl carbamates (subject to hydrolysis) is 2. The second kappa shape index (κ2) is 9.46. The first-order valence-electron chi connectivity index (χ1n) is 8.08. The maximum atomic E-state index is 11.9. The van der Waals surface area contributed by atoms with Crippen molar-refractivity contribution in [2.45, 2.75) is 78.6 Å². The van der Waals surface area contributed by atoms with Gasteiger partial charge in [-0.1, -0.05) is 0 Å². The fourth-order valence-electron chi connectivity index (χ4n) is 1.51. The number of carbonyl (C=O) groups is 2. The molecule has 0 aliphatic carbocycles. The number of aliphatic imine (C=N–C) groups is 1. The van der Waals surface area contributed by atoms with Crippen LogP contribution in [0.15, 0.2) is 4.99 Å². The molecule has 0 spiro atoms. The van der Waals surface area contributed by atoms with Crippen LogP contribution in [0.5, 0.6) is 0 Å². The van der Waals surface area contributed by atoms with Gasteiger partial charge < -0.3 is 15.2 Å². The molecule has 0 heterocycles. The SMILES string of the molecule is CC(N)CCCN=C(NC(=O)OC(C)(C)C)NC(=O)OC(C)(C)C. The average Bonchev–Trinajstić information content (AvgIpc) is 2.28. The van der Waals surface area contributed by atoms with Crippen molar-refractivity contribution in [1.29, 1.82) is 0 Å². The van der Waals surface area contributed by atoms with E-state index in [-0.39, 0.29) is 12.0 Å². The molecule has 0 saturated carbocycles. The molecule has 0 bridgehead atoms. The molecule has 0 radical (unpaired) electrons. The highest BCUT2D eigenvalue weighted by Gasteiger charge is 2.21. The van der Waals surface area contributed by atoms with Gasteiger partial charge in [-0.25, -0.2) is 9.59 Å². The summed E-state index contributed by atoms with van der Waals surface area (Å²) in [5.41, 5.74) is 4.37. The molecule has 2 amide bonds. The van der Waals surface area contributed by atoms with Gasteiger partial charge in [0.15, 0.2) is 0 Å². The summed E-state index contributed by atoms with van der Waals surface area (Å²) in [5, 5.41) is 4.85. The van der Waals surface area contributed by atoms with Gasteiger partial charge in [0.1, 0.15) is 11.2 Å². The Morgan fingerprint density at radius 1 is 1.00 bits per heavy atom. The summed E-state index contributed by atoms with van der Waals surface area (Å²) in [6.45, 7) is 12.8. The molecule has 8 nitrogen and oxygen atoms in total. The molecule has 0 aromatic heterocycles. The first kappa shape index (κ1) is 22.2. The van der Waals surface area contributed by atoms with E-state index in [1.54, 1.807) is 41.5 Å². The molecule has 0 aliphatic heterocycles. The maximum Gasteiger partial charge on any atom is 0.414 e. The Hall–Kier alpha value is -1.83. The second-order valence-electron chi connectivity index (χ2n) is 7.60. The molecule has 1 unspecified atom stereocenters. The fraction of sp³-hybridized carbons (Fsp3) is 0.812. The molecule has 4 N–H and O–H groups in total. The number of guanidine groups is 1. The number of nitrogens with zero attached hydrogens (tertiary/aromatic N) is 1. The number of nitrogens with two attached hydrogens (primary N) is 1. The zero-order chi connectivity index (χ0) is 19.0. The van der Waals surface area contributed by atoms with Crippen molar-refractivity contribution in [2.75, 3.05) is 6.54 Å². The van der Waals surface area contributed by atoms with Crippen molar-refractivity contribution in [3.63, 3.8) is 0 Å². The highest BCUT2D eigenvalue weighted by Crippen LogP contribution is 2.07. The zero-order valence-electron chi connectivity index (χ0n) is 15.9. The summed E-state index contributed by atoms with van der Waals surface area (Å²) >= 11 is 0. The van der Waals surface area contributed by atoms with E-state index in [9.17, 15) is 9.59 Å². The van der Waals surface area contributed by atoms with E-state index < -0.39 is 23.4 Å². The van der Waals surface area contributed by atoms with Crippen LogP contribution in [0, 0.1) is 0 Å². The summed E-state index contributed by atoms with van der Waals surface area (Å²) < 4.78 is 10.3. The van der Waals surface area contributed by atoms with Crippen LogP contribution in [0.3, 0.4) is 0 Å². The van der Waals surface area contributed by atoms with Gasteiger partial charge in [-0.2, -0.15) is 0 Å². The normalized spacial score (nSPS) is 12.8. The van der Waals surface area contributed by atoms with Gasteiger partial charge in [-0.3, -0.25) is 15.6 Å². The summed E-state index contributed by atoms with van der Waals surface area (Å²) in [4.78, 5) is 27.9. The lowest BCUT2D eigenvalue weighted by atomic mass is 10.2. The quantitative estimate of drug-likeness (QED) is 0.412. The number of hydrogen-bond acceptors (Lipinski definition) is 6. The summed E-state index contributed by atoms with van der Waals surface area (Å²) in [7, 11) is 0. The zero-order valence-corrected chi connectivity index (χ0v) is 15.9. The lowest BCUT2D eigenvalue weighted by Crippen LogP contribution is -2.47. The van der Waals surface area contributed by atoms with Crippen molar-refractivity contribution in [3.05, 3.63) is 0 Å². The van der Waals surface area contributed by atoms with E-state index >= 15 is 0 Å². The highest BCUT2D eigenvalue weighted by atomic mass is 16.6. The molecule has 1 atom stereocenters. The standard InChI is InChI=1S/C16H32N4O4/c1-11(17)9-8-10-18-12(19-13(21)23-15(2,3)4)20-14(22)24-16(5,6)7/h11H,8-10,17H2,1-7H3,(H2,18,19,20,21,22). The van der Waals surface area contributed by atoms with Crippen LogP contribution in [-0.4, -0.2) is 41.9 Å². The van der Waals surface area contributed by atoms with Gasteiger partial charge in [0.2, 0.25) is 5.96 Å². The molecule has 140 valence electrons. The average molecular weight is 344 g/mol. The maximum absolute atomic E-state index is 11.9. The summed E-state index contributed by atoms with van der Waals surface area (Å²) in [6.07, 6.45) is 0.108. The number of carbonyl (C=O) groups excluding carboxylic acids is 2. The minimum absolute atomic E-state index is 0.0109. The Morgan fingerprint density at radius 3 is 1.75 bits per heavy atom. The van der Waals surface area contributed by atoms with Crippen molar-refractivity contribution >= 4 is 18.1 Å². The molecule has 0 aliphatic rings. The van der Waals surface area contributed by atoms with E-state index in [4.69, 9.17) is 15.2 Å². The van der Waals surface area contributed by atoms with Gasteiger partial charge in [0.25, 0.3) is 0 Å². The molecule has 8 heteroatoms. The summed E-state index contributed by atoms with van der Waals surface area (Å²) in [5.74, 6) is -0.0109. The van der Waals surface area contributed by atoms with Crippen LogP contribution in [0.4, 0.5) is 9.59 Å². The lowest BCUT2D eigenvalue weighted by molar-refractivity contribution is 0.0545. The third-order valence-corrected chi connectivity index (χ3v) is 2.33. The van der Waals surface area contributed by atoms with Crippen LogP contribution in [0.1, 0.15) is 61.3 Å². The Morgan fingerprint density at radius 2 is 1.42 bits per heavy atom. The predicted octanol–water partition coefficient (Wildman–Crippen LogP) is 2.52. The summed E-state index contributed by atoms with van der Waals surface area (Å²) in [6, 6.07) is 0.0706. The number of ether oxygens (including phenoxy) is 2. The molecule has 24 heavy (non-hydrogen) atoms. The Balaban J connectivity index is 4.79.